The molecule has 7 nitrogen and oxygen atoms in total. The van der Waals surface area contributed by atoms with Crippen molar-refractivity contribution in [2.24, 2.45) is 0 Å². The maximum absolute atomic E-state index is 12.0. The Hall–Kier alpha value is -1.34. The van der Waals surface area contributed by atoms with E-state index in [1.165, 1.54) is 4.90 Å². The number of hydrogen-bond acceptors (Lipinski definition) is 4. The summed E-state index contributed by atoms with van der Waals surface area (Å²) < 4.78 is 0. The Morgan fingerprint density at radius 3 is 2.63 bits per heavy atom. The molecule has 1 rings (SSSR count). The van der Waals surface area contributed by atoms with Crippen molar-refractivity contribution in [3.63, 3.8) is 0 Å². The van der Waals surface area contributed by atoms with E-state index in [1.54, 1.807) is 0 Å². The highest BCUT2D eigenvalue weighted by atomic mass is 16.4. The summed E-state index contributed by atoms with van der Waals surface area (Å²) in [6.07, 6.45) is 0.116. The second kappa shape index (κ2) is 6.72. The number of likely N-dealkylation sites (tertiary alicyclic amines) is 1. The third-order valence-corrected chi connectivity index (χ3v) is 3.20. The standard InChI is InChI=1S/C12H23N3O4/c1-8(4-5-14(2)3)13-12(19)15-7-9(16)6-10(15)11(17)18/h8-10,16H,4-7H2,1-3H3,(H,13,19)(H,17,18). The Balaban J connectivity index is 2.50. The van der Waals surface area contributed by atoms with Gasteiger partial charge in [0.15, 0.2) is 0 Å². The van der Waals surface area contributed by atoms with Gasteiger partial charge in [-0.05, 0) is 34.0 Å². The Kier molecular flexibility index (Phi) is 5.56. The van der Waals surface area contributed by atoms with Gasteiger partial charge < -0.3 is 25.3 Å². The molecule has 7 heteroatoms. The van der Waals surface area contributed by atoms with E-state index in [9.17, 15) is 14.7 Å². The Bertz CT molecular complexity index is 335. The van der Waals surface area contributed by atoms with Crippen LogP contribution in [0.25, 0.3) is 0 Å². The van der Waals surface area contributed by atoms with Crippen molar-refractivity contribution < 1.29 is 19.8 Å². The summed E-state index contributed by atoms with van der Waals surface area (Å²) in [6.45, 7) is 2.79. The van der Waals surface area contributed by atoms with Crippen LogP contribution in [0.1, 0.15) is 19.8 Å². The molecule has 1 fully saturated rings. The number of carboxylic acids is 1. The van der Waals surface area contributed by atoms with E-state index in [0.717, 1.165) is 13.0 Å². The smallest absolute Gasteiger partial charge is 0.326 e. The van der Waals surface area contributed by atoms with Gasteiger partial charge in [0.05, 0.1) is 6.10 Å². The first-order valence-corrected chi connectivity index (χ1v) is 6.44. The predicted octanol–water partition coefficient (Wildman–Crippen LogP) is -0.444. The number of carbonyl (C=O) groups is 2. The molecule has 1 aliphatic heterocycles. The van der Waals surface area contributed by atoms with E-state index in [4.69, 9.17) is 5.11 Å². The molecule has 3 atom stereocenters. The number of carboxylic acid groups (broad SMARTS) is 1. The molecular weight excluding hydrogens is 250 g/mol. The summed E-state index contributed by atoms with van der Waals surface area (Å²) in [5.74, 6) is -1.08. The number of urea groups is 1. The van der Waals surface area contributed by atoms with Gasteiger partial charge in [-0.3, -0.25) is 0 Å². The molecule has 0 aromatic rings. The number of β-amino-alcohol motifs (C(OH)–C–C–N with tert-alkyl or cyclic N) is 1. The molecule has 110 valence electrons. The molecule has 3 unspecified atom stereocenters. The molecule has 0 aliphatic carbocycles. The van der Waals surface area contributed by atoms with Gasteiger partial charge in [0.25, 0.3) is 0 Å². The van der Waals surface area contributed by atoms with Crippen LogP contribution in [-0.4, -0.2) is 77.4 Å². The molecule has 0 aromatic heterocycles. The van der Waals surface area contributed by atoms with Crippen LogP contribution >= 0.6 is 0 Å². The van der Waals surface area contributed by atoms with Crippen LogP contribution in [0, 0.1) is 0 Å². The number of aliphatic hydroxyl groups excluding tert-OH is 1. The van der Waals surface area contributed by atoms with E-state index >= 15 is 0 Å². The van der Waals surface area contributed by atoms with Crippen molar-refractivity contribution in [2.75, 3.05) is 27.2 Å². The number of nitrogens with one attached hydrogen (secondary N) is 1. The number of hydrogen-bond donors (Lipinski definition) is 3. The van der Waals surface area contributed by atoms with Gasteiger partial charge >= 0.3 is 12.0 Å². The topological polar surface area (TPSA) is 93.1 Å². The highest BCUT2D eigenvalue weighted by molar-refractivity contribution is 5.83. The third kappa shape index (κ3) is 4.68. The van der Waals surface area contributed by atoms with E-state index in [0.29, 0.717) is 0 Å². The van der Waals surface area contributed by atoms with Crippen molar-refractivity contribution in [1.82, 2.24) is 15.1 Å². The summed E-state index contributed by atoms with van der Waals surface area (Å²) in [4.78, 5) is 26.2. The average molecular weight is 273 g/mol. The Morgan fingerprint density at radius 2 is 2.11 bits per heavy atom. The lowest BCUT2D eigenvalue weighted by molar-refractivity contribution is -0.141. The maximum Gasteiger partial charge on any atom is 0.326 e. The minimum absolute atomic E-state index is 0.0397. The minimum Gasteiger partial charge on any atom is -0.480 e. The monoisotopic (exact) mass is 273 g/mol. The van der Waals surface area contributed by atoms with Crippen LogP contribution in [0.4, 0.5) is 4.79 Å². The van der Waals surface area contributed by atoms with Gasteiger partial charge in [0.1, 0.15) is 6.04 Å². The minimum atomic E-state index is -1.08. The lowest BCUT2D eigenvalue weighted by Gasteiger charge is -2.24. The third-order valence-electron chi connectivity index (χ3n) is 3.20. The van der Waals surface area contributed by atoms with Crippen LogP contribution in [0.2, 0.25) is 0 Å². The first kappa shape index (κ1) is 15.7. The summed E-state index contributed by atoms with van der Waals surface area (Å²) >= 11 is 0. The van der Waals surface area contributed by atoms with Crippen molar-refractivity contribution in [3.8, 4) is 0 Å². The fourth-order valence-electron chi connectivity index (χ4n) is 2.09. The number of rotatable bonds is 5. The molecule has 3 N–H and O–H groups in total. The molecule has 0 bridgehead atoms. The van der Waals surface area contributed by atoms with Gasteiger partial charge in [-0.25, -0.2) is 9.59 Å². The second-order valence-electron chi connectivity index (χ2n) is 5.34. The number of amides is 2. The molecule has 0 aromatic carbocycles. The summed E-state index contributed by atoms with van der Waals surface area (Å²) in [5.41, 5.74) is 0. The van der Waals surface area contributed by atoms with E-state index < -0.39 is 24.1 Å². The molecule has 0 saturated carbocycles. The highest BCUT2D eigenvalue weighted by Crippen LogP contribution is 2.18. The van der Waals surface area contributed by atoms with Gasteiger partial charge in [-0.1, -0.05) is 0 Å². The first-order chi connectivity index (χ1) is 8.81. The van der Waals surface area contributed by atoms with Gasteiger partial charge in [0, 0.05) is 19.0 Å². The zero-order valence-electron chi connectivity index (χ0n) is 11.7. The van der Waals surface area contributed by atoms with E-state index in [1.807, 2.05) is 25.9 Å². The van der Waals surface area contributed by atoms with Crippen molar-refractivity contribution in [3.05, 3.63) is 0 Å². The van der Waals surface area contributed by atoms with E-state index in [-0.39, 0.29) is 19.0 Å². The molecule has 1 aliphatic rings. The lowest BCUT2D eigenvalue weighted by atomic mass is 10.2. The maximum atomic E-state index is 12.0. The van der Waals surface area contributed by atoms with Crippen LogP contribution in [0.5, 0.6) is 0 Å². The Morgan fingerprint density at radius 1 is 1.47 bits per heavy atom. The summed E-state index contributed by atoms with van der Waals surface area (Å²) in [5, 5.41) is 21.3. The van der Waals surface area contributed by atoms with Crippen molar-refractivity contribution in [2.45, 2.75) is 38.0 Å². The molecule has 19 heavy (non-hydrogen) atoms. The van der Waals surface area contributed by atoms with Crippen LogP contribution in [0.15, 0.2) is 0 Å². The van der Waals surface area contributed by atoms with Crippen LogP contribution < -0.4 is 5.32 Å². The fourth-order valence-corrected chi connectivity index (χ4v) is 2.09. The van der Waals surface area contributed by atoms with Crippen LogP contribution in [-0.2, 0) is 4.79 Å². The van der Waals surface area contributed by atoms with Crippen molar-refractivity contribution >= 4 is 12.0 Å². The number of aliphatic hydroxyl groups is 1. The van der Waals surface area contributed by atoms with E-state index in [2.05, 4.69) is 5.32 Å². The second-order valence-corrected chi connectivity index (χ2v) is 5.34. The number of carbonyl (C=O) groups excluding carboxylic acids is 1. The quantitative estimate of drug-likeness (QED) is 0.631. The zero-order chi connectivity index (χ0) is 14.6. The van der Waals surface area contributed by atoms with Crippen molar-refractivity contribution in [1.29, 1.82) is 0 Å². The first-order valence-electron chi connectivity index (χ1n) is 6.44. The van der Waals surface area contributed by atoms with Gasteiger partial charge in [0.2, 0.25) is 0 Å². The molecule has 1 saturated heterocycles. The largest absolute Gasteiger partial charge is 0.480 e. The molecule has 2 amide bonds. The number of nitrogens with zero attached hydrogens (tertiary/aromatic N) is 2. The highest BCUT2D eigenvalue weighted by Gasteiger charge is 2.39. The predicted molar refractivity (Wildman–Crippen MR) is 69.9 cm³/mol. The molecule has 0 radical (unpaired) electrons. The Labute approximate surface area is 113 Å². The number of aliphatic carboxylic acids is 1. The molecule has 1 heterocycles. The SMILES string of the molecule is CC(CCN(C)C)NC(=O)N1CC(O)CC1C(=O)O. The molecule has 0 spiro atoms. The normalized spacial score (nSPS) is 24.6. The summed E-state index contributed by atoms with van der Waals surface area (Å²) in [7, 11) is 3.90. The fraction of sp³-hybridized carbons (Fsp3) is 0.833. The lowest BCUT2D eigenvalue weighted by Crippen LogP contribution is -2.49. The van der Waals surface area contributed by atoms with Gasteiger partial charge in [-0.15, -0.1) is 0 Å². The van der Waals surface area contributed by atoms with Gasteiger partial charge in [-0.2, -0.15) is 0 Å². The van der Waals surface area contributed by atoms with Crippen LogP contribution in [0.3, 0.4) is 0 Å². The molecular formula is C12H23N3O4. The summed E-state index contributed by atoms with van der Waals surface area (Å²) in [6, 6.07) is -1.40. The average Bonchev–Trinajstić information content (AvgIpc) is 2.69. The zero-order valence-corrected chi connectivity index (χ0v) is 11.7.